The third-order valence-electron chi connectivity index (χ3n) is 3.61. The van der Waals surface area contributed by atoms with Gasteiger partial charge in [-0.15, -0.1) is 22.7 Å². The number of hydrogen-bond acceptors (Lipinski definition) is 5. The Morgan fingerprint density at radius 3 is 2.85 bits per heavy atom. The van der Waals surface area contributed by atoms with E-state index in [2.05, 4.69) is 31.3 Å². The summed E-state index contributed by atoms with van der Waals surface area (Å²) in [5, 5.41) is 12.1. The minimum absolute atomic E-state index is 0.192. The van der Waals surface area contributed by atoms with E-state index in [1.165, 1.54) is 11.3 Å². The van der Waals surface area contributed by atoms with Crippen LogP contribution in [0.3, 0.4) is 0 Å². The smallest absolute Gasteiger partial charge is 0.256 e. The molecule has 1 amide bonds. The van der Waals surface area contributed by atoms with Crippen molar-refractivity contribution in [3.8, 4) is 15.7 Å². The number of aryl methyl sites for hydroxylation is 1. The molecule has 4 aromatic rings. The number of rotatable bonds is 4. The molecule has 0 aliphatic heterocycles. The zero-order valence-corrected chi connectivity index (χ0v) is 16.9. The van der Waals surface area contributed by atoms with E-state index in [9.17, 15) is 4.79 Å². The van der Waals surface area contributed by atoms with E-state index in [-0.39, 0.29) is 5.91 Å². The van der Waals surface area contributed by atoms with Crippen LogP contribution in [0.4, 0.5) is 5.82 Å². The van der Waals surface area contributed by atoms with E-state index >= 15 is 0 Å². The van der Waals surface area contributed by atoms with Gasteiger partial charge in [0.15, 0.2) is 0 Å². The van der Waals surface area contributed by atoms with Gasteiger partial charge < -0.3 is 5.32 Å². The van der Waals surface area contributed by atoms with E-state index in [4.69, 9.17) is 0 Å². The van der Waals surface area contributed by atoms with Gasteiger partial charge in [-0.1, -0.05) is 28.1 Å². The van der Waals surface area contributed by atoms with Crippen LogP contribution in [-0.2, 0) is 0 Å². The molecule has 0 aliphatic carbocycles. The number of benzene rings is 1. The predicted octanol–water partition coefficient (Wildman–Crippen LogP) is 5.38. The second kappa shape index (κ2) is 7.14. The number of carbonyl (C=O) groups excluding carboxylic acids is 1. The highest BCUT2D eigenvalue weighted by Crippen LogP contribution is 2.29. The molecule has 4 rings (SSSR count). The zero-order chi connectivity index (χ0) is 18.1. The van der Waals surface area contributed by atoms with Gasteiger partial charge in [-0.25, -0.2) is 4.98 Å². The van der Waals surface area contributed by atoms with Crippen molar-refractivity contribution in [2.24, 2.45) is 0 Å². The van der Waals surface area contributed by atoms with Gasteiger partial charge in [-0.05, 0) is 36.6 Å². The van der Waals surface area contributed by atoms with Gasteiger partial charge >= 0.3 is 0 Å². The normalized spacial score (nSPS) is 10.8. The molecule has 0 saturated heterocycles. The molecular weight excluding hydrogens is 432 g/mol. The van der Waals surface area contributed by atoms with Crippen molar-refractivity contribution in [2.45, 2.75) is 6.92 Å². The summed E-state index contributed by atoms with van der Waals surface area (Å²) in [5.74, 6) is 0.405. The number of carbonyl (C=O) groups is 1. The number of amides is 1. The quantitative estimate of drug-likeness (QED) is 0.459. The molecule has 130 valence electrons. The standard InChI is InChI=1S/C18H13BrN4OS2/c1-11-8-16(21-17(24)12-4-2-5-13(19)9-12)23(22-11)18-20-14(10-26-18)15-6-3-7-25-15/h2-10H,1H3,(H,21,24). The molecule has 0 atom stereocenters. The van der Waals surface area contributed by atoms with E-state index in [0.29, 0.717) is 16.5 Å². The van der Waals surface area contributed by atoms with Crippen molar-refractivity contribution >= 4 is 50.3 Å². The van der Waals surface area contributed by atoms with Crippen LogP contribution in [0.1, 0.15) is 16.1 Å². The molecule has 0 spiro atoms. The SMILES string of the molecule is Cc1cc(NC(=O)c2cccc(Br)c2)n(-c2nc(-c3cccs3)cs2)n1. The van der Waals surface area contributed by atoms with E-state index in [1.54, 1.807) is 28.2 Å². The van der Waals surface area contributed by atoms with Gasteiger partial charge in [-0.2, -0.15) is 9.78 Å². The fourth-order valence-corrected chi connectivity index (χ4v) is 4.40. The molecule has 1 aromatic carbocycles. The van der Waals surface area contributed by atoms with Crippen molar-refractivity contribution in [1.29, 1.82) is 0 Å². The van der Waals surface area contributed by atoms with Gasteiger partial charge in [0.05, 0.1) is 16.3 Å². The first-order chi connectivity index (χ1) is 12.6. The summed E-state index contributed by atoms with van der Waals surface area (Å²) in [6, 6.07) is 13.1. The van der Waals surface area contributed by atoms with E-state index in [0.717, 1.165) is 20.7 Å². The maximum absolute atomic E-state index is 12.6. The number of anilines is 1. The van der Waals surface area contributed by atoms with Crippen molar-refractivity contribution in [3.63, 3.8) is 0 Å². The summed E-state index contributed by atoms with van der Waals surface area (Å²) >= 11 is 6.52. The molecule has 0 bridgehead atoms. The molecule has 0 aliphatic rings. The molecule has 0 saturated carbocycles. The number of aromatic nitrogens is 3. The average molecular weight is 445 g/mol. The highest BCUT2D eigenvalue weighted by atomic mass is 79.9. The minimum atomic E-state index is -0.192. The highest BCUT2D eigenvalue weighted by Gasteiger charge is 2.15. The van der Waals surface area contributed by atoms with Gasteiger partial charge in [0.2, 0.25) is 5.13 Å². The van der Waals surface area contributed by atoms with Crippen LogP contribution >= 0.6 is 38.6 Å². The Morgan fingerprint density at radius 1 is 1.19 bits per heavy atom. The third kappa shape index (κ3) is 3.48. The van der Waals surface area contributed by atoms with Crippen molar-refractivity contribution in [3.05, 3.63) is 69.0 Å². The zero-order valence-electron chi connectivity index (χ0n) is 13.6. The van der Waals surface area contributed by atoms with Crippen LogP contribution < -0.4 is 5.32 Å². The van der Waals surface area contributed by atoms with Crippen molar-refractivity contribution in [2.75, 3.05) is 5.32 Å². The number of hydrogen-bond donors (Lipinski definition) is 1. The minimum Gasteiger partial charge on any atom is -0.306 e. The molecule has 3 heterocycles. The lowest BCUT2D eigenvalue weighted by molar-refractivity contribution is 0.102. The van der Waals surface area contributed by atoms with Crippen LogP contribution in [0, 0.1) is 6.92 Å². The van der Waals surface area contributed by atoms with Crippen LogP contribution in [0.25, 0.3) is 15.7 Å². The Balaban J connectivity index is 1.64. The first kappa shape index (κ1) is 17.1. The molecule has 0 fully saturated rings. The Morgan fingerprint density at radius 2 is 2.08 bits per heavy atom. The summed E-state index contributed by atoms with van der Waals surface area (Å²) in [6.07, 6.45) is 0. The highest BCUT2D eigenvalue weighted by molar-refractivity contribution is 9.10. The lowest BCUT2D eigenvalue weighted by Gasteiger charge is -2.07. The number of halogens is 1. The number of nitrogens with one attached hydrogen (secondary N) is 1. The first-order valence-corrected chi connectivity index (χ1v) is 10.3. The molecule has 0 unspecified atom stereocenters. The van der Waals surface area contributed by atoms with Gasteiger partial charge in [-0.3, -0.25) is 4.79 Å². The second-order valence-corrected chi connectivity index (χ2v) is 8.24. The Labute approximate surface area is 166 Å². The largest absolute Gasteiger partial charge is 0.306 e. The Hall–Kier alpha value is -2.29. The van der Waals surface area contributed by atoms with Crippen LogP contribution in [0.5, 0.6) is 0 Å². The Bertz CT molecular complexity index is 1070. The van der Waals surface area contributed by atoms with E-state index in [1.807, 2.05) is 48.0 Å². The van der Waals surface area contributed by atoms with Gasteiger partial charge in [0.25, 0.3) is 5.91 Å². The number of nitrogens with zero attached hydrogens (tertiary/aromatic N) is 3. The van der Waals surface area contributed by atoms with Crippen LogP contribution in [-0.4, -0.2) is 20.7 Å². The lowest BCUT2D eigenvalue weighted by Crippen LogP contribution is -2.15. The summed E-state index contributed by atoms with van der Waals surface area (Å²) < 4.78 is 2.53. The molecule has 0 radical (unpaired) electrons. The molecular formula is C18H13BrN4OS2. The average Bonchev–Trinajstić information content (AvgIpc) is 3.34. The fourth-order valence-electron chi connectivity index (χ4n) is 2.45. The molecule has 5 nitrogen and oxygen atoms in total. The number of thiazole rings is 1. The summed E-state index contributed by atoms with van der Waals surface area (Å²) in [7, 11) is 0. The van der Waals surface area contributed by atoms with Crippen molar-refractivity contribution in [1.82, 2.24) is 14.8 Å². The molecule has 1 N–H and O–H groups in total. The summed E-state index contributed by atoms with van der Waals surface area (Å²) in [6.45, 7) is 1.89. The first-order valence-electron chi connectivity index (χ1n) is 7.73. The predicted molar refractivity (Wildman–Crippen MR) is 109 cm³/mol. The number of thiophene rings is 1. The molecule has 26 heavy (non-hydrogen) atoms. The van der Waals surface area contributed by atoms with Crippen LogP contribution in [0.15, 0.2) is 57.7 Å². The lowest BCUT2D eigenvalue weighted by atomic mass is 10.2. The van der Waals surface area contributed by atoms with Crippen molar-refractivity contribution < 1.29 is 4.79 Å². The summed E-state index contributed by atoms with van der Waals surface area (Å²) in [5.41, 5.74) is 2.29. The van der Waals surface area contributed by atoms with Gasteiger partial charge in [0, 0.05) is 21.5 Å². The topological polar surface area (TPSA) is 59.8 Å². The fraction of sp³-hybridized carbons (Fsp3) is 0.0556. The molecule has 3 aromatic heterocycles. The van der Waals surface area contributed by atoms with Crippen LogP contribution in [0.2, 0.25) is 0 Å². The van der Waals surface area contributed by atoms with Gasteiger partial charge in [0.1, 0.15) is 5.82 Å². The maximum atomic E-state index is 12.6. The summed E-state index contributed by atoms with van der Waals surface area (Å²) in [4.78, 5) is 18.3. The molecule has 8 heteroatoms. The maximum Gasteiger partial charge on any atom is 0.256 e. The third-order valence-corrected chi connectivity index (χ3v) is 5.81. The van der Waals surface area contributed by atoms with E-state index < -0.39 is 0 Å². The Kier molecular flexibility index (Phi) is 4.71. The monoisotopic (exact) mass is 444 g/mol. The second-order valence-electron chi connectivity index (χ2n) is 5.54.